The summed E-state index contributed by atoms with van der Waals surface area (Å²) in [5.74, 6) is 0.713. The van der Waals surface area contributed by atoms with Crippen LogP contribution in [0, 0.1) is 10.1 Å². The third-order valence-electron chi connectivity index (χ3n) is 2.37. The molecule has 0 aliphatic heterocycles. The molecule has 0 aliphatic carbocycles. The third-order valence-corrected chi connectivity index (χ3v) is 4.49. The number of nitrogens with zero attached hydrogens (tertiary/aromatic N) is 1. The van der Waals surface area contributed by atoms with Gasteiger partial charge in [0.2, 0.25) is 0 Å². The Morgan fingerprint density at radius 1 is 1.11 bits per heavy atom. The maximum Gasteiger partial charge on any atom is 0.284 e. The fraction of sp³-hybridized carbons (Fsp3) is 0.0769. The molecule has 0 spiro atoms. The number of halogens is 1. The van der Waals surface area contributed by atoms with Crippen molar-refractivity contribution in [1.82, 2.24) is 0 Å². The van der Waals surface area contributed by atoms with Gasteiger partial charge in [-0.3, -0.25) is 10.1 Å². The average molecular weight is 324 g/mol. The summed E-state index contributed by atoms with van der Waals surface area (Å²) in [4.78, 5) is 11.3. The molecular weight excluding hydrogens is 314 g/mol. The molecule has 0 saturated carbocycles. The zero-order chi connectivity index (χ0) is 13.0. The normalized spacial score (nSPS) is 10.3. The van der Waals surface area contributed by atoms with Crippen LogP contribution in [0.25, 0.3) is 0 Å². The van der Waals surface area contributed by atoms with Crippen LogP contribution in [0.2, 0.25) is 0 Å². The van der Waals surface area contributed by atoms with Crippen LogP contribution in [0.5, 0.6) is 0 Å². The van der Waals surface area contributed by atoms with E-state index in [1.165, 1.54) is 17.8 Å². The summed E-state index contributed by atoms with van der Waals surface area (Å²) < 4.78 is 0.762. The van der Waals surface area contributed by atoms with Crippen molar-refractivity contribution in [2.24, 2.45) is 0 Å². The van der Waals surface area contributed by atoms with Crippen LogP contribution in [0.1, 0.15) is 5.56 Å². The predicted octanol–water partition coefficient (Wildman–Crippen LogP) is 4.65. The summed E-state index contributed by atoms with van der Waals surface area (Å²) in [6.45, 7) is 0. The van der Waals surface area contributed by atoms with E-state index in [-0.39, 0.29) is 10.6 Å². The number of hydrogen-bond acceptors (Lipinski definition) is 3. The number of nitro groups is 1. The van der Waals surface area contributed by atoms with Crippen LogP contribution < -0.4 is 0 Å². The lowest BCUT2D eigenvalue weighted by molar-refractivity contribution is -0.387. The predicted molar refractivity (Wildman–Crippen MR) is 76.8 cm³/mol. The Morgan fingerprint density at radius 2 is 1.83 bits per heavy atom. The molecule has 0 fully saturated rings. The van der Waals surface area contributed by atoms with Crippen molar-refractivity contribution in [3.05, 3.63) is 68.7 Å². The number of rotatable bonds is 4. The molecule has 0 unspecified atom stereocenters. The smallest absolute Gasteiger partial charge is 0.258 e. The fourth-order valence-electron chi connectivity index (χ4n) is 1.51. The summed E-state index contributed by atoms with van der Waals surface area (Å²) >= 11 is 4.83. The minimum atomic E-state index is -0.349. The summed E-state index contributed by atoms with van der Waals surface area (Å²) in [6, 6.07) is 14.9. The van der Waals surface area contributed by atoms with Gasteiger partial charge in [-0.05, 0) is 27.6 Å². The maximum atomic E-state index is 11.0. The highest BCUT2D eigenvalue weighted by Gasteiger charge is 2.16. The second-order valence-corrected chi connectivity index (χ2v) is 5.46. The molecule has 92 valence electrons. The van der Waals surface area contributed by atoms with Crippen molar-refractivity contribution >= 4 is 33.4 Å². The topological polar surface area (TPSA) is 43.1 Å². The Hall–Kier alpha value is -1.33. The first-order valence-corrected chi connectivity index (χ1v) is 7.06. The lowest BCUT2D eigenvalue weighted by Crippen LogP contribution is -1.92. The molecule has 0 radical (unpaired) electrons. The highest BCUT2D eigenvalue weighted by molar-refractivity contribution is 9.10. The molecule has 3 nitrogen and oxygen atoms in total. The highest BCUT2D eigenvalue weighted by atomic mass is 79.9. The van der Waals surface area contributed by atoms with Crippen LogP contribution >= 0.6 is 27.7 Å². The van der Waals surface area contributed by atoms with Gasteiger partial charge < -0.3 is 0 Å². The van der Waals surface area contributed by atoms with Crippen molar-refractivity contribution in [3.8, 4) is 0 Å². The first-order valence-electron chi connectivity index (χ1n) is 5.28. The molecule has 5 heteroatoms. The largest absolute Gasteiger partial charge is 0.284 e. The fourth-order valence-corrected chi connectivity index (χ4v) is 3.21. The van der Waals surface area contributed by atoms with Crippen molar-refractivity contribution in [1.29, 1.82) is 0 Å². The number of thioether (sulfide) groups is 1. The van der Waals surface area contributed by atoms with E-state index in [9.17, 15) is 10.1 Å². The van der Waals surface area contributed by atoms with E-state index in [1.807, 2.05) is 36.4 Å². The molecule has 0 heterocycles. The van der Waals surface area contributed by atoms with Gasteiger partial charge in [0.1, 0.15) is 0 Å². The lowest BCUT2D eigenvalue weighted by Gasteiger charge is -2.05. The van der Waals surface area contributed by atoms with Gasteiger partial charge in [-0.15, -0.1) is 11.8 Å². The van der Waals surface area contributed by atoms with Crippen molar-refractivity contribution in [2.75, 3.05) is 0 Å². The minimum absolute atomic E-state index is 0.144. The van der Waals surface area contributed by atoms with Gasteiger partial charge in [0.05, 0.1) is 9.82 Å². The quantitative estimate of drug-likeness (QED) is 0.467. The second-order valence-electron chi connectivity index (χ2n) is 3.62. The van der Waals surface area contributed by atoms with E-state index in [4.69, 9.17) is 0 Å². The summed E-state index contributed by atoms with van der Waals surface area (Å²) in [6.07, 6.45) is 0. The Bertz CT molecular complexity index is 560. The Balaban J connectivity index is 2.21. The number of nitro benzene ring substituents is 1. The average Bonchev–Trinajstić information content (AvgIpc) is 2.38. The van der Waals surface area contributed by atoms with Gasteiger partial charge in [-0.2, -0.15) is 0 Å². The zero-order valence-corrected chi connectivity index (χ0v) is 11.8. The zero-order valence-electron chi connectivity index (χ0n) is 9.38. The molecule has 2 aromatic carbocycles. The Labute approximate surface area is 117 Å². The summed E-state index contributed by atoms with van der Waals surface area (Å²) in [5, 5.41) is 11.0. The van der Waals surface area contributed by atoms with E-state index in [0.717, 1.165) is 10.0 Å². The molecule has 0 N–H and O–H groups in total. The van der Waals surface area contributed by atoms with Gasteiger partial charge >= 0.3 is 0 Å². The SMILES string of the molecule is O=[N+]([O-])c1cccc(Br)c1SCc1ccccc1. The van der Waals surface area contributed by atoms with Gasteiger partial charge in [0.15, 0.2) is 0 Å². The van der Waals surface area contributed by atoms with E-state index in [0.29, 0.717) is 10.6 Å². The molecule has 0 atom stereocenters. The van der Waals surface area contributed by atoms with Crippen LogP contribution in [-0.2, 0) is 5.75 Å². The molecule has 2 rings (SSSR count). The van der Waals surface area contributed by atoms with Gasteiger partial charge in [0.25, 0.3) is 5.69 Å². The number of hydrogen-bond donors (Lipinski definition) is 0. The van der Waals surface area contributed by atoms with Crippen LogP contribution in [0.15, 0.2) is 57.9 Å². The van der Waals surface area contributed by atoms with Gasteiger partial charge in [-0.1, -0.05) is 36.4 Å². The molecule has 2 aromatic rings. The standard InChI is InChI=1S/C13H10BrNO2S/c14-11-7-4-8-12(15(16)17)13(11)18-9-10-5-2-1-3-6-10/h1-8H,9H2. The summed E-state index contributed by atoms with van der Waals surface area (Å²) in [5.41, 5.74) is 1.29. The van der Waals surface area contributed by atoms with Gasteiger partial charge in [-0.25, -0.2) is 0 Å². The maximum absolute atomic E-state index is 11.0. The monoisotopic (exact) mass is 323 g/mol. The molecule has 0 amide bonds. The molecule has 0 bridgehead atoms. The lowest BCUT2D eigenvalue weighted by atomic mass is 10.2. The Kier molecular flexibility index (Phi) is 4.38. The summed E-state index contributed by atoms with van der Waals surface area (Å²) in [7, 11) is 0. The highest BCUT2D eigenvalue weighted by Crippen LogP contribution is 2.37. The minimum Gasteiger partial charge on any atom is -0.258 e. The van der Waals surface area contributed by atoms with Crippen molar-refractivity contribution < 1.29 is 4.92 Å². The van der Waals surface area contributed by atoms with Crippen LogP contribution in [-0.4, -0.2) is 4.92 Å². The first-order chi connectivity index (χ1) is 8.68. The van der Waals surface area contributed by atoms with Crippen molar-refractivity contribution in [3.63, 3.8) is 0 Å². The Morgan fingerprint density at radius 3 is 2.50 bits per heavy atom. The van der Waals surface area contributed by atoms with Crippen molar-refractivity contribution in [2.45, 2.75) is 10.6 Å². The van der Waals surface area contributed by atoms with Gasteiger partial charge in [0, 0.05) is 16.3 Å². The van der Waals surface area contributed by atoms with E-state index in [2.05, 4.69) is 15.9 Å². The molecular formula is C13H10BrNO2S. The third kappa shape index (κ3) is 3.11. The molecule has 0 aliphatic rings. The second kappa shape index (κ2) is 6.02. The van der Waals surface area contributed by atoms with Crippen LogP contribution in [0.3, 0.4) is 0 Å². The van der Waals surface area contributed by atoms with E-state index >= 15 is 0 Å². The molecule has 0 aromatic heterocycles. The van der Waals surface area contributed by atoms with E-state index < -0.39 is 0 Å². The first kappa shape index (κ1) is 13.1. The van der Waals surface area contributed by atoms with E-state index in [1.54, 1.807) is 6.07 Å². The molecule has 0 saturated heterocycles. The molecule has 18 heavy (non-hydrogen) atoms. The van der Waals surface area contributed by atoms with Crippen LogP contribution in [0.4, 0.5) is 5.69 Å². The number of benzene rings is 2.